The molecule has 5 nitrogen and oxygen atoms in total. The number of amidine groups is 1. The van der Waals surface area contributed by atoms with Crippen molar-refractivity contribution in [1.29, 1.82) is 0 Å². The van der Waals surface area contributed by atoms with Crippen molar-refractivity contribution in [3.63, 3.8) is 0 Å². The van der Waals surface area contributed by atoms with E-state index in [4.69, 9.17) is 10.8 Å². The van der Waals surface area contributed by atoms with Gasteiger partial charge in [-0.05, 0) is 11.6 Å². The Morgan fingerprint density at radius 1 is 1.39 bits per heavy atom. The average Bonchev–Trinajstić information content (AvgIpc) is 2.36. The molecule has 0 bridgehead atoms. The number of benzene rings is 1. The minimum absolute atomic E-state index is 0.00795. The molecule has 0 aliphatic carbocycles. The Hall–Kier alpha value is -2.14. The van der Waals surface area contributed by atoms with Crippen LogP contribution in [0.2, 0.25) is 0 Å². The molecule has 0 heterocycles. The van der Waals surface area contributed by atoms with Crippen LogP contribution < -0.4 is 11.1 Å². The Morgan fingerprint density at radius 2 is 2.11 bits per heavy atom. The SMILES string of the molecule is NC(/C=C\NCc1ccccc1)=NC(=O)CCO. The summed E-state index contributed by atoms with van der Waals surface area (Å²) in [5.41, 5.74) is 6.65. The predicted octanol–water partition coefficient (Wildman–Crippen LogP) is 0.556. The molecule has 0 atom stereocenters. The predicted molar refractivity (Wildman–Crippen MR) is 70.8 cm³/mol. The number of aliphatic imine (C=N–C) groups is 1. The highest BCUT2D eigenvalue weighted by atomic mass is 16.3. The maximum absolute atomic E-state index is 11.0. The minimum Gasteiger partial charge on any atom is -0.396 e. The highest BCUT2D eigenvalue weighted by Crippen LogP contribution is 1.96. The summed E-state index contributed by atoms with van der Waals surface area (Å²) in [4.78, 5) is 14.6. The van der Waals surface area contributed by atoms with Gasteiger partial charge in [-0.2, -0.15) is 4.99 Å². The van der Waals surface area contributed by atoms with Gasteiger partial charge in [-0.15, -0.1) is 0 Å². The molecule has 5 heteroatoms. The fourth-order valence-corrected chi connectivity index (χ4v) is 1.25. The topological polar surface area (TPSA) is 87.7 Å². The van der Waals surface area contributed by atoms with Crippen LogP contribution in [0.4, 0.5) is 0 Å². The lowest BCUT2D eigenvalue weighted by Gasteiger charge is -2.00. The number of amides is 1. The number of hydrogen-bond donors (Lipinski definition) is 3. The summed E-state index contributed by atoms with van der Waals surface area (Å²) in [6, 6.07) is 9.89. The van der Waals surface area contributed by atoms with Gasteiger partial charge >= 0.3 is 0 Å². The Morgan fingerprint density at radius 3 is 2.78 bits per heavy atom. The number of aliphatic hydroxyl groups is 1. The van der Waals surface area contributed by atoms with Gasteiger partial charge in [0.25, 0.3) is 0 Å². The first-order valence-electron chi connectivity index (χ1n) is 5.64. The summed E-state index contributed by atoms with van der Waals surface area (Å²) in [5.74, 6) is -0.309. The van der Waals surface area contributed by atoms with Crippen molar-refractivity contribution in [1.82, 2.24) is 5.32 Å². The molecular weight excluding hydrogens is 230 g/mol. The van der Waals surface area contributed by atoms with Crippen molar-refractivity contribution in [3.05, 3.63) is 48.2 Å². The van der Waals surface area contributed by atoms with Crippen LogP contribution in [0.3, 0.4) is 0 Å². The van der Waals surface area contributed by atoms with Crippen LogP contribution in [0, 0.1) is 0 Å². The van der Waals surface area contributed by atoms with Gasteiger partial charge in [-0.3, -0.25) is 4.79 Å². The first-order chi connectivity index (χ1) is 8.72. The Bertz CT molecular complexity index is 427. The zero-order valence-corrected chi connectivity index (χ0v) is 10.0. The summed E-state index contributed by atoms with van der Waals surface area (Å²) < 4.78 is 0. The monoisotopic (exact) mass is 247 g/mol. The van der Waals surface area contributed by atoms with E-state index < -0.39 is 5.91 Å². The molecule has 0 unspecified atom stereocenters. The Balaban J connectivity index is 2.34. The molecule has 1 aromatic rings. The van der Waals surface area contributed by atoms with E-state index in [-0.39, 0.29) is 18.9 Å². The molecule has 0 aliphatic heterocycles. The summed E-state index contributed by atoms with van der Waals surface area (Å²) in [7, 11) is 0. The van der Waals surface area contributed by atoms with Crippen LogP contribution in [0.1, 0.15) is 12.0 Å². The van der Waals surface area contributed by atoms with Crippen molar-refractivity contribution >= 4 is 11.7 Å². The van der Waals surface area contributed by atoms with Crippen molar-refractivity contribution in [2.24, 2.45) is 10.7 Å². The summed E-state index contributed by atoms with van der Waals surface area (Å²) in [6.07, 6.45) is 3.14. The quantitative estimate of drug-likeness (QED) is 0.506. The van der Waals surface area contributed by atoms with Gasteiger partial charge in [-0.1, -0.05) is 30.3 Å². The number of carbonyl (C=O) groups excluding carboxylic acids is 1. The minimum atomic E-state index is -0.428. The summed E-state index contributed by atoms with van der Waals surface area (Å²) in [6.45, 7) is 0.459. The maximum atomic E-state index is 11.0. The fourth-order valence-electron chi connectivity index (χ4n) is 1.25. The molecule has 0 fully saturated rings. The van der Waals surface area contributed by atoms with Crippen molar-refractivity contribution in [2.75, 3.05) is 6.61 Å². The second-order valence-corrected chi connectivity index (χ2v) is 3.60. The number of rotatable bonds is 6. The number of hydrogen-bond acceptors (Lipinski definition) is 3. The average molecular weight is 247 g/mol. The van der Waals surface area contributed by atoms with Crippen molar-refractivity contribution in [2.45, 2.75) is 13.0 Å². The number of aliphatic hydroxyl groups excluding tert-OH is 1. The molecule has 0 radical (unpaired) electrons. The van der Waals surface area contributed by atoms with E-state index >= 15 is 0 Å². The summed E-state index contributed by atoms with van der Waals surface area (Å²) >= 11 is 0. The van der Waals surface area contributed by atoms with Gasteiger partial charge in [0.1, 0.15) is 5.84 Å². The standard InChI is InChI=1S/C13H17N3O2/c14-12(16-13(18)7-9-17)6-8-15-10-11-4-2-1-3-5-11/h1-6,8,15,17H,7,9-10H2,(H2,14,16,18)/b8-6-. The Kier molecular flexibility index (Phi) is 6.21. The molecule has 0 saturated carbocycles. The third-order valence-electron chi connectivity index (χ3n) is 2.10. The zero-order valence-electron chi connectivity index (χ0n) is 10.0. The van der Waals surface area contributed by atoms with E-state index in [1.165, 1.54) is 6.08 Å². The third-order valence-corrected chi connectivity index (χ3v) is 2.10. The molecule has 1 aromatic carbocycles. The fraction of sp³-hybridized carbons (Fsp3) is 0.231. The van der Waals surface area contributed by atoms with Gasteiger partial charge in [0, 0.05) is 12.7 Å². The Labute approximate surface area is 106 Å². The van der Waals surface area contributed by atoms with Crippen LogP contribution >= 0.6 is 0 Å². The number of nitrogens with two attached hydrogens (primary N) is 1. The van der Waals surface area contributed by atoms with E-state index in [2.05, 4.69) is 10.3 Å². The smallest absolute Gasteiger partial charge is 0.249 e. The lowest BCUT2D eigenvalue weighted by molar-refractivity contribution is -0.118. The zero-order chi connectivity index (χ0) is 13.2. The summed E-state index contributed by atoms with van der Waals surface area (Å²) in [5, 5.41) is 11.6. The van der Waals surface area contributed by atoms with Gasteiger partial charge in [0.05, 0.1) is 13.0 Å². The van der Waals surface area contributed by atoms with Gasteiger partial charge in [-0.25, -0.2) is 0 Å². The third kappa shape index (κ3) is 5.81. The van der Waals surface area contributed by atoms with E-state index in [1.807, 2.05) is 30.3 Å². The van der Waals surface area contributed by atoms with Crippen molar-refractivity contribution in [3.8, 4) is 0 Å². The van der Waals surface area contributed by atoms with E-state index in [0.717, 1.165) is 5.56 Å². The van der Waals surface area contributed by atoms with Crippen LogP contribution in [0.5, 0.6) is 0 Å². The van der Waals surface area contributed by atoms with Crippen LogP contribution in [0.25, 0.3) is 0 Å². The lowest BCUT2D eigenvalue weighted by atomic mass is 10.2. The van der Waals surface area contributed by atoms with Crippen LogP contribution in [-0.2, 0) is 11.3 Å². The molecule has 96 valence electrons. The molecule has 0 aromatic heterocycles. The van der Waals surface area contributed by atoms with E-state index in [1.54, 1.807) is 6.20 Å². The van der Waals surface area contributed by atoms with E-state index in [9.17, 15) is 4.79 Å². The molecule has 0 spiro atoms. The van der Waals surface area contributed by atoms with Crippen LogP contribution in [0.15, 0.2) is 47.6 Å². The molecule has 4 N–H and O–H groups in total. The first kappa shape index (κ1) is 13.9. The highest BCUT2D eigenvalue weighted by molar-refractivity contribution is 5.99. The number of nitrogens with zero attached hydrogens (tertiary/aromatic N) is 1. The number of nitrogens with one attached hydrogen (secondary N) is 1. The van der Waals surface area contributed by atoms with Gasteiger partial charge < -0.3 is 16.2 Å². The van der Waals surface area contributed by atoms with Gasteiger partial charge in [0.15, 0.2) is 0 Å². The van der Waals surface area contributed by atoms with Crippen molar-refractivity contribution < 1.29 is 9.90 Å². The van der Waals surface area contributed by atoms with E-state index in [0.29, 0.717) is 6.54 Å². The maximum Gasteiger partial charge on any atom is 0.249 e. The number of carbonyl (C=O) groups is 1. The molecule has 18 heavy (non-hydrogen) atoms. The second kappa shape index (κ2) is 8.03. The molecule has 0 aliphatic rings. The second-order valence-electron chi connectivity index (χ2n) is 3.60. The molecule has 1 rings (SSSR count). The normalized spacial score (nSPS) is 11.7. The van der Waals surface area contributed by atoms with Gasteiger partial charge in [0.2, 0.25) is 5.91 Å². The molecule has 0 saturated heterocycles. The molecule has 1 amide bonds. The lowest BCUT2D eigenvalue weighted by Crippen LogP contribution is -2.13. The molecular formula is C13H17N3O2. The first-order valence-corrected chi connectivity index (χ1v) is 5.64. The largest absolute Gasteiger partial charge is 0.396 e. The highest BCUT2D eigenvalue weighted by Gasteiger charge is 1.96. The van der Waals surface area contributed by atoms with Crippen LogP contribution in [-0.4, -0.2) is 23.5 Å².